The average molecular weight is 1520 g/mol. The number of aromatic nitrogens is 3. The van der Waals surface area contributed by atoms with Crippen molar-refractivity contribution in [3.63, 3.8) is 0 Å². The van der Waals surface area contributed by atoms with Gasteiger partial charge in [-0.15, -0.1) is 0 Å². The third kappa shape index (κ3) is 30.8. The first kappa shape index (κ1) is 87.2. The molecular formula is C72H114N24O13. The normalized spacial score (nSPS) is 15.9. The lowest BCUT2D eigenvalue weighted by atomic mass is 9.84. The minimum absolute atomic E-state index is 0.0195. The van der Waals surface area contributed by atoms with Gasteiger partial charge in [-0.1, -0.05) is 103 Å². The first-order valence-electron chi connectivity index (χ1n) is 38.1. The van der Waals surface area contributed by atoms with E-state index in [0.717, 1.165) is 83.5 Å². The summed E-state index contributed by atoms with van der Waals surface area (Å²) in [4.78, 5) is 197. The van der Waals surface area contributed by atoms with Gasteiger partial charge in [-0.25, -0.2) is 0 Å². The molecule has 0 radical (unpaired) electrons. The zero-order valence-corrected chi connectivity index (χ0v) is 62.1. The number of primary amides is 1. The standard InChI is InChI=1S/C72H114N24O13/c73-34-14-10-24-44(74)58(98)91-54(38-41-18-4-1-5-19-41)68(108)89-46(26-12-16-36-83-60(100)49-29-32-52(86-49)65(105)95-71(78)79)63(103)93-56(40-43-22-8-3-9-23-43)69(109)90-47(27-13-17-37-84-61(101)50-30-33-53(87-50)66(106)96-72(80)81)62(102)92-55(39-42-20-6-2-7-21-42)67(107)88-45(57(75)97)25-11-15-35-82-59(99)48-28-31-51(85-48)64(104)94-70(76)77/h28-33,41-47,54-56,85-87H,1-27,34-40,73-74H2,(H2,75,97)(H,82,99)(H,83,100)(H,84,101)(H,88,107)(H,89,108)(H,90,109)(H,91,98)(H,92,102)(H,93,103)(H4,76,77,94,104)(H4,78,79,95,105)(H4,80,81,96,106)/t44-,45-,46-,47-,54-,55-,56-/m0/s1. The summed E-state index contributed by atoms with van der Waals surface area (Å²) in [5, 5.41) is 25.6. The largest absolute Gasteiger partial charge is 0.370 e. The van der Waals surface area contributed by atoms with Crippen LogP contribution in [0, 0.1) is 17.8 Å². The second-order valence-electron chi connectivity index (χ2n) is 28.5. The lowest BCUT2D eigenvalue weighted by Gasteiger charge is -2.31. The summed E-state index contributed by atoms with van der Waals surface area (Å²) in [6.45, 7) is 0.652. The summed E-state index contributed by atoms with van der Waals surface area (Å²) in [5.74, 6) is -10.6. The number of amides is 13. The zero-order valence-electron chi connectivity index (χ0n) is 62.1. The fourth-order valence-corrected chi connectivity index (χ4v) is 13.9. The number of nitrogens with two attached hydrogens (primary N) is 9. The summed E-state index contributed by atoms with van der Waals surface area (Å²) in [7, 11) is 0. The highest BCUT2D eigenvalue weighted by Crippen LogP contribution is 2.31. The Hall–Kier alpha value is -10.7. The van der Waals surface area contributed by atoms with Gasteiger partial charge >= 0.3 is 0 Å². The van der Waals surface area contributed by atoms with E-state index in [1.807, 2.05) is 0 Å². The van der Waals surface area contributed by atoms with E-state index >= 15 is 14.4 Å². The van der Waals surface area contributed by atoms with Crippen LogP contribution < -0.4 is 99.5 Å². The topological polar surface area (TPSA) is 649 Å². The van der Waals surface area contributed by atoms with Crippen molar-refractivity contribution < 1.29 is 62.3 Å². The van der Waals surface area contributed by atoms with Crippen LogP contribution in [0.1, 0.15) is 256 Å². The number of carbonyl (C=O) groups excluding carboxylic acids is 13. The van der Waals surface area contributed by atoms with Crippen molar-refractivity contribution in [1.82, 2.24) is 62.8 Å². The molecule has 0 spiro atoms. The summed E-state index contributed by atoms with van der Waals surface area (Å²) < 4.78 is 0. The molecule has 3 fully saturated rings. The third-order valence-electron chi connectivity index (χ3n) is 19.8. The Kier molecular flexibility index (Phi) is 36.7. The number of nitrogens with one attached hydrogen (secondary N) is 12. The van der Waals surface area contributed by atoms with Gasteiger partial charge in [0.1, 0.15) is 70.4 Å². The Morgan fingerprint density at radius 3 is 0.908 bits per heavy atom. The molecule has 600 valence electrons. The van der Waals surface area contributed by atoms with Crippen LogP contribution in [0.25, 0.3) is 0 Å². The SMILES string of the molecule is NCCCC[C@H](N)C(=O)N[C@@H](CC1CCCCC1)C(=O)N[C@@H](CCCCNC(=O)c1ccc(C(=O)N=C(N)N)[nH]1)C(=O)N[C@@H](CC1CCCCC1)C(=O)N[C@@H](CCCCNC(=O)c1ccc(C(=O)N=C(N)N)[nH]1)C(=O)N[C@@H](CC1CCCCC1)C(=O)N[C@@H](CCCCNC(=O)c1ccc(C(=O)N=C(N)N)[nH]1)C(N)=O. The van der Waals surface area contributed by atoms with E-state index in [4.69, 9.17) is 51.6 Å². The van der Waals surface area contributed by atoms with Gasteiger partial charge < -0.3 is 114 Å². The van der Waals surface area contributed by atoms with Crippen molar-refractivity contribution >= 4 is 94.7 Å². The predicted molar refractivity (Wildman–Crippen MR) is 407 cm³/mol. The lowest BCUT2D eigenvalue weighted by Crippen LogP contribution is -2.60. The molecule has 30 N–H and O–H groups in total. The molecule has 37 heteroatoms. The van der Waals surface area contributed by atoms with Crippen molar-refractivity contribution in [2.24, 2.45) is 84.3 Å². The Morgan fingerprint density at radius 2 is 0.606 bits per heavy atom. The minimum atomic E-state index is -1.39. The molecule has 3 aliphatic rings. The number of guanidine groups is 3. The van der Waals surface area contributed by atoms with E-state index < -0.39 is 137 Å². The fraction of sp³-hybridized carbons (Fsp3) is 0.611. The van der Waals surface area contributed by atoms with Gasteiger partial charge in [0.25, 0.3) is 35.4 Å². The van der Waals surface area contributed by atoms with E-state index in [1.54, 1.807) is 0 Å². The smallest absolute Gasteiger partial charge is 0.296 e. The molecule has 109 heavy (non-hydrogen) atoms. The van der Waals surface area contributed by atoms with E-state index in [-0.39, 0.29) is 142 Å². The molecule has 0 aliphatic heterocycles. The molecule has 0 unspecified atom stereocenters. The maximum atomic E-state index is 15.4. The van der Waals surface area contributed by atoms with Crippen LogP contribution in [0.5, 0.6) is 0 Å². The molecule has 7 atom stereocenters. The van der Waals surface area contributed by atoms with Crippen LogP contribution in [0.15, 0.2) is 51.4 Å². The Morgan fingerprint density at radius 1 is 0.339 bits per heavy atom. The molecule has 6 rings (SSSR count). The maximum absolute atomic E-state index is 15.4. The zero-order chi connectivity index (χ0) is 79.4. The second-order valence-corrected chi connectivity index (χ2v) is 28.5. The molecule has 0 aromatic carbocycles. The van der Waals surface area contributed by atoms with Gasteiger partial charge in [-0.05, 0) is 151 Å². The van der Waals surface area contributed by atoms with Crippen LogP contribution in [0.2, 0.25) is 0 Å². The molecule has 3 aromatic heterocycles. The quantitative estimate of drug-likeness (QED) is 0.0198. The minimum Gasteiger partial charge on any atom is -0.370 e. The summed E-state index contributed by atoms with van der Waals surface area (Å²) >= 11 is 0. The number of rotatable bonds is 44. The summed E-state index contributed by atoms with van der Waals surface area (Å²) in [6.07, 6.45) is 16.3. The van der Waals surface area contributed by atoms with Crippen LogP contribution >= 0.6 is 0 Å². The van der Waals surface area contributed by atoms with Gasteiger partial charge in [-0.3, -0.25) is 62.3 Å². The molecule has 37 nitrogen and oxygen atoms in total. The van der Waals surface area contributed by atoms with Crippen LogP contribution in [0.4, 0.5) is 0 Å². The first-order chi connectivity index (χ1) is 52.2. The molecule has 3 aromatic rings. The van der Waals surface area contributed by atoms with Crippen LogP contribution in [0.3, 0.4) is 0 Å². The van der Waals surface area contributed by atoms with E-state index in [0.29, 0.717) is 45.1 Å². The van der Waals surface area contributed by atoms with Crippen molar-refractivity contribution in [3.05, 3.63) is 70.6 Å². The fourth-order valence-electron chi connectivity index (χ4n) is 13.9. The van der Waals surface area contributed by atoms with Crippen molar-refractivity contribution in [2.75, 3.05) is 26.2 Å². The maximum Gasteiger partial charge on any atom is 0.296 e. The summed E-state index contributed by atoms with van der Waals surface area (Å²) in [5.41, 5.74) is 50.1. The van der Waals surface area contributed by atoms with Gasteiger partial charge in [0.2, 0.25) is 41.4 Å². The number of carbonyl (C=O) groups is 13. The van der Waals surface area contributed by atoms with Crippen molar-refractivity contribution in [1.29, 1.82) is 0 Å². The number of hydrogen-bond acceptors (Lipinski definition) is 15. The Labute approximate surface area is 633 Å². The Bertz CT molecular complexity index is 3650. The monoisotopic (exact) mass is 1520 g/mol. The second kappa shape index (κ2) is 45.8. The number of aromatic amines is 3. The number of unbranched alkanes of at least 4 members (excludes halogenated alkanes) is 4. The molecule has 0 saturated heterocycles. The van der Waals surface area contributed by atoms with Crippen LogP contribution in [-0.2, 0) is 33.6 Å². The molecule has 3 aliphatic carbocycles. The van der Waals surface area contributed by atoms with Gasteiger partial charge in [-0.2, -0.15) is 15.0 Å². The highest BCUT2D eigenvalue weighted by Gasteiger charge is 2.37. The number of hydrogen-bond donors (Lipinski definition) is 21. The molecule has 13 amide bonds. The van der Waals surface area contributed by atoms with Gasteiger partial charge in [0.05, 0.1) is 6.04 Å². The highest BCUT2D eigenvalue weighted by molar-refractivity contribution is 6.05. The molecule has 3 saturated carbocycles. The molecular weight excluding hydrogens is 1410 g/mol. The Balaban J connectivity index is 1.26. The van der Waals surface area contributed by atoms with Gasteiger partial charge in [0, 0.05) is 19.6 Å². The summed E-state index contributed by atoms with van der Waals surface area (Å²) in [6, 6.07) is -0.429. The van der Waals surface area contributed by atoms with Crippen molar-refractivity contribution in [2.45, 2.75) is 235 Å². The number of nitrogens with zero attached hydrogens (tertiary/aromatic N) is 3. The van der Waals surface area contributed by atoms with E-state index in [9.17, 15) is 47.9 Å². The lowest BCUT2D eigenvalue weighted by molar-refractivity contribution is -0.136. The van der Waals surface area contributed by atoms with Crippen molar-refractivity contribution in [3.8, 4) is 0 Å². The average Bonchev–Trinajstić information content (AvgIpc) is 1.75. The van der Waals surface area contributed by atoms with E-state index in [2.05, 4.69) is 77.8 Å². The van der Waals surface area contributed by atoms with Crippen LogP contribution in [-0.4, -0.2) is 178 Å². The first-order valence-corrected chi connectivity index (χ1v) is 38.1. The predicted octanol–water partition coefficient (Wildman–Crippen LogP) is -0.226. The third-order valence-corrected chi connectivity index (χ3v) is 19.8. The highest BCUT2D eigenvalue weighted by atomic mass is 16.2. The molecule has 3 heterocycles. The number of aliphatic imine (C=N–C) groups is 3. The number of H-pyrrole nitrogens is 3. The molecule has 0 bridgehead atoms. The van der Waals surface area contributed by atoms with Gasteiger partial charge in [0.15, 0.2) is 17.9 Å². The van der Waals surface area contributed by atoms with E-state index in [1.165, 1.54) is 36.4 Å².